The topological polar surface area (TPSA) is 0 Å². The second kappa shape index (κ2) is 11.1. The van der Waals surface area contributed by atoms with Crippen molar-refractivity contribution in [1.82, 2.24) is 0 Å². The van der Waals surface area contributed by atoms with Gasteiger partial charge in [0.1, 0.15) is 0 Å². The van der Waals surface area contributed by atoms with Crippen LogP contribution in [-0.4, -0.2) is 58.4 Å². The monoisotopic (exact) mass is 468 g/mol. The standard InChI is InChI=1S/C13H24S9/c14-7(1-10(15)12(17)21-8-3-19-4-8)2-11(16)13(18)22-9-5-20-6-9/h7-18H,1-6H2. The summed E-state index contributed by atoms with van der Waals surface area (Å²) in [7, 11) is 0. The maximum absolute atomic E-state index is 4.76. The molecule has 4 unspecified atom stereocenters. The van der Waals surface area contributed by atoms with Crippen molar-refractivity contribution >= 4 is 110 Å². The second-order valence-corrected chi connectivity index (χ2v) is 14.5. The van der Waals surface area contributed by atoms with Crippen molar-refractivity contribution in [3.8, 4) is 0 Å². The molecule has 0 aromatic heterocycles. The van der Waals surface area contributed by atoms with Gasteiger partial charge < -0.3 is 0 Å². The molecule has 0 saturated carbocycles. The van der Waals surface area contributed by atoms with Gasteiger partial charge in [0.2, 0.25) is 0 Å². The largest absolute Gasteiger partial charge is 0.176 e. The van der Waals surface area contributed by atoms with Gasteiger partial charge >= 0.3 is 0 Å². The summed E-state index contributed by atoms with van der Waals surface area (Å²) in [6, 6.07) is 0. The Hall–Kier alpha value is 3.15. The average Bonchev–Trinajstić information content (AvgIpc) is 2.37. The maximum Gasteiger partial charge on any atom is 0.0592 e. The lowest BCUT2D eigenvalue weighted by Gasteiger charge is -2.31. The van der Waals surface area contributed by atoms with E-state index in [2.05, 4.69) is 0 Å². The molecule has 2 fully saturated rings. The maximum atomic E-state index is 4.76. The third-order valence-electron chi connectivity index (χ3n) is 3.56. The molecule has 2 heterocycles. The molecule has 4 atom stereocenters. The van der Waals surface area contributed by atoms with Crippen molar-refractivity contribution in [2.75, 3.05) is 23.0 Å². The Kier molecular flexibility index (Phi) is 10.8. The van der Waals surface area contributed by atoms with E-state index < -0.39 is 0 Å². The fraction of sp³-hybridized carbons (Fsp3) is 1.00. The number of thiol groups is 5. The van der Waals surface area contributed by atoms with Gasteiger partial charge in [0.05, 0.1) is 9.16 Å². The van der Waals surface area contributed by atoms with E-state index in [0.29, 0.717) is 14.4 Å². The van der Waals surface area contributed by atoms with Crippen molar-refractivity contribution in [3.63, 3.8) is 0 Å². The Labute approximate surface area is 179 Å². The molecule has 0 radical (unpaired) electrons. The molecule has 0 N–H and O–H groups in total. The predicted molar refractivity (Wildman–Crippen MR) is 131 cm³/mol. The molecule has 0 bridgehead atoms. The summed E-state index contributed by atoms with van der Waals surface area (Å²) >= 11 is 31.7. The van der Waals surface area contributed by atoms with Crippen LogP contribution in [0.2, 0.25) is 0 Å². The quantitative estimate of drug-likeness (QED) is 0.229. The normalized spacial score (nSPS) is 26.6. The number of hydrogen-bond acceptors (Lipinski definition) is 9. The van der Waals surface area contributed by atoms with Gasteiger partial charge in [-0.1, -0.05) is 0 Å². The van der Waals surface area contributed by atoms with Crippen LogP contribution in [0.4, 0.5) is 0 Å². The highest BCUT2D eigenvalue weighted by Crippen LogP contribution is 2.39. The summed E-state index contributed by atoms with van der Waals surface area (Å²) < 4.78 is 0.603. The Bertz CT molecular complexity index is 291. The van der Waals surface area contributed by atoms with Gasteiger partial charge in [0, 0.05) is 49.3 Å². The van der Waals surface area contributed by atoms with Crippen LogP contribution in [0.1, 0.15) is 12.8 Å². The van der Waals surface area contributed by atoms with E-state index in [0.717, 1.165) is 23.3 Å². The molecule has 0 amide bonds. The fourth-order valence-electron chi connectivity index (χ4n) is 2.05. The van der Waals surface area contributed by atoms with Crippen LogP contribution < -0.4 is 0 Å². The summed E-state index contributed by atoms with van der Waals surface area (Å²) in [6.45, 7) is 0. The van der Waals surface area contributed by atoms with Crippen molar-refractivity contribution in [2.24, 2.45) is 0 Å². The Morgan fingerprint density at radius 2 is 1.09 bits per heavy atom. The van der Waals surface area contributed by atoms with Crippen molar-refractivity contribution in [1.29, 1.82) is 0 Å². The molecule has 0 spiro atoms. The lowest BCUT2D eigenvalue weighted by Crippen LogP contribution is -2.29. The first kappa shape index (κ1) is 21.5. The molecular weight excluding hydrogens is 445 g/mol. The van der Waals surface area contributed by atoms with E-state index in [1.807, 2.05) is 47.0 Å². The molecule has 9 heteroatoms. The van der Waals surface area contributed by atoms with Crippen molar-refractivity contribution < 1.29 is 0 Å². The van der Waals surface area contributed by atoms with Crippen LogP contribution in [0.25, 0.3) is 0 Å². The minimum Gasteiger partial charge on any atom is -0.176 e. The van der Waals surface area contributed by atoms with Gasteiger partial charge in [-0.15, -0.1) is 23.5 Å². The molecule has 2 saturated heterocycles. The van der Waals surface area contributed by atoms with Crippen LogP contribution in [0.15, 0.2) is 0 Å². The first-order valence-electron chi connectivity index (χ1n) is 7.32. The summed E-state index contributed by atoms with van der Waals surface area (Å²) in [5.41, 5.74) is 0. The van der Waals surface area contributed by atoms with Gasteiger partial charge in [-0.25, -0.2) is 0 Å². The molecule has 0 aliphatic carbocycles. The van der Waals surface area contributed by atoms with Gasteiger partial charge in [-0.3, -0.25) is 0 Å². The Balaban J connectivity index is 1.63. The molecule has 0 aromatic carbocycles. The fourth-order valence-corrected chi connectivity index (χ4v) is 9.68. The Morgan fingerprint density at radius 3 is 1.36 bits per heavy atom. The van der Waals surface area contributed by atoms with E-state index in [1.54, 1.807) is 0 Å². The highest BCUT2D eigenvalue weighted by Gasteiger charge is 2.28. The summed E-state index contributed by atoms with van der Waals surface area (Å²) in [5, 5.41) is 2.45. The number of hydrogen-bond donors (Lipinski definition) is 5. The molecule has 2 aliphatic rings. The molecule has 0 aromatic rings. The van der Waals surface area contributed by atoms with E-state index in [9.17, 15) is 0 Å². The number of rotatable bonds is 10. The second-order valence-electron chi connectivity index (χ2n) is 5.63. The van der Waals surface area contributed by atoms with Gasteiger partial charge in [0.15, 0.2) is 0 Å². The predicted octanol–water partition coefficient (Wildman–Crippen LogP) is 4.87. The van der Waals surface area contributed by atoms with Gasteiger partial charge in [0.25, 0.3) is 0 Å². The first-order chi connectivity index (χ1) is 10.5. The lowest BCUT2D eigenvalue weighted by molar-refractivity contribution is 0.690. The molecule has 2 rings (SSSR count). The van der Waals surface area contributed by atoms with E-state index in [-0.39, 0.29) is 10.5 Å². The zero-order valence-corrected chi connectivity index (χ0v) is 19.9. The van der Waals surface area contributed by atoms with Gasteiger partial charge in [-0.2, -0.15) is 86.7 Å². The first-order valence-corrected chi connectivity index (χ1v) is 14.1. The van der Waals surface area contributed by atoms with Crippen LogP contribution in [0.5, 0.6) is 0 Å². The van der Waals surface area contributed by atoms with E-state index in [1.165, 1.54) is 23.0 Å². The van der Waals surface area contributed by atoms with Crippen LogP contribution in [-0.2, 0) is 0 Å². The smallest absolute Gasteiger partial charge is 0.0592 e. The van der Waals surface area contributed by atoms with E-state index in [4.69, 9.17) is 63.1 Å². The van der Waals surface area contributed by atoms with E-state index >= 15 is 0 Å². The van der Waals surface area contributed by atoms with Crippen molar-refractivity contribution in [3.05, 3.63) is 0 Å². The summed E-state index contributed by atoms with van der Waals surface area (Å²) in [5.74, 6) is 5.07. The summed E-state index contributed by atoms with van der Waals surface area (Å²) in [6.07, 6.45) is 1.96. The highest BCUT2D eigenvalue weighted by molar-refractivity contribution is 8.14. The van der Waals surface area contributed by atoms with Crippen LogP contribution >= 0.6 is 110 Å². The van der Waals surface area contributed by atoms with Crippen LogP contribution in [0.3, 0.4) is 0 Å². The molecule has 2 aliphatic heterocycles. The zero-order valence-electron chi connectivity index (χ0n) is 12.2. The average molecular weight is 469 g/mol. The lowest BCUT2D eigenvalue weighted by atomic mass is 10.1. The van der Waals surface area contributed by atoms with Gasteiger partial charge in [-0.05, 0) is 12.8 Å². The SMILES string of the molecule is SC(CC(S)C(S)SC1CSC1)CC(S)C(S)SC1CSC1. The molecule has 22 heavy (non-hydrogen) atoms. The Morgan fingerprint density at radius 1 is 0.727 bits per heavy atom. The minimum atomic E-state index is 0.288. The molecular formula is C13H24S9. The van der Waals surface area contributed by atoms with Crippen LogP contribution in [0, 0.1) is 0 Å². The number of thioether (sulfide) groups is 4. The summed E-state index contributed by atoms with van der Waals surface area (Å²) in [4.78, 5) is 0. The third-order valence-corrected chi connectivity index (χ3v) is 13.4. The third kappa shape index (κ3) is 7.41. The minimum absolute atomic E-state index is 0.288. The van der Waals surface area contributed by atoms with Crippen molar-refractivity contribution in [2.45, 2.75) is 48.3 Å². The molecule has 130 valence electrons. The highest BCUT2D eigenvalue weighted by atomic mass is 32.2. The zero-order chi connectivity index (χ0) is 16.1. The molecule has 0 nitrogen and oxygen atoms in total.